The summed E-state index contributed by atoms with van der Waals surface area (Å²) in [6.45, 7) is -0.637. The molecule has 2 aromatic carbocycles. The van der Waals surface area contributed by atoms with Gasteiger partial charge in [0.25, 0.3) is 5.91 Å². The van der Waals surface area contributed by atoms with E-state index in [-0.39, 0.29) is 27.9 Å². The lowest BCUT2D eigenvalue weighted by atomic mass is 10.0. The molecule has 0 aliphatic carbocycles. The second-order valence-electron chi connectivity index (χ2n) is 7.74. The minimum atomic E-state index is -5.05. The van der Waals surface area contributed by atoms with Gasteiger partial charge in [-0.25, -0.2) is 18.4 Å². The predicted molar refractivity (Wildman–Crippen MR) is 118 cm³/mol. The van der Waals surface area contributed by atoms with Crippen molar-refractivity contribution in [2.75, 3.05) is 13.3 Å². The molecule has 0 atom stereocenters. The zero-order valence-corrected chi connectivity index (χ0v) is 20.0. The van der Waals surface area contributed by atoms with Crippen LogP contribution in [0.4, 0.5) is 26.3 Å². The lowest BCUT2D eigenvalue weighted by molar-refractivity contribution is -0.143. The fourth-order valence-electron chi connectivity index (χ4n) is 3.22. The molecule has 36 heavy (non-hydrogen) atoms. The Kier molecular flexibility index (Phi) is 7.38. The maximum atomic E-state index is 13.2. The summed E-state index contributed by atoms with van der Waals surface area (Å²) >= 11 is 6.18. The first kappa shape index (κ1) is 27.4. The average Bonchev–Trinajstić information content (AvgIpc) is 2.76. The van der Waals surface area contributed by atoms with Gasteiger partial charge in [0.2, 0.25) is 15.0 Å². The number of benzene rings is 2. The molecule has 14 heteroatoms. The van der Waals surface area contributed by atoms with Gasteiger partial charge < -0.3 is 4.90 Å². The summed E-state index contributed by atoms with van der Waals surface area (Å²) in [5.41, 5.74) is -3.74. The lowest BCUT2D eigenvalue weighted by Gasteiger charge is -2.21. The third-order valence-corrected chi connectivity index (χ3v) is 6.06. The monoisotopic (exact) mass is 551 g/mol. The van der Waals surface area contributed by atoms with Crippen LogP contribution in [0.2, 0.25) is 5.02 Å². The zero-order chi connectivity index (χ0) is 27.1. The second kappa shape index (κ2) is 9.69. The number of carbonyl (C=O) groups is 1. The van der Waals surface area contributed by atoms with Crippen LogP contribution >= 0.6 is 11.6 Å². The molecular formula is C22H16ClF6N3O3S. The number of sulfone groups is 1. The number of hydrogen-bond donors (Lipinski definition) is 0. The predicted octanol–water partition coefficient (Wildman–Crippen LogP) is 5.51. The minimum Gasteiger partial charge on any atom is -0.337 e. The van der Waals surface area contributed by atoms with Crippen LogP contribution in [0.5, 0.6) is 0 Å². The van der Waals surface area contributed by atoms with E-state index in [0.29, 0.717) is 12.1 Å². The maximum Gasteiger partial charge on any atom is 0.416 e. The summed E-state index contributed by atoms with van der Waals surface area (Å²) in [4.78, 5) is 21.7. The standard InChI is InChI=1S/C22H16ClF6N3O3S/c1-32(11-12-7-13(21(24,25)26)9-14(8-12)22(27,28)29)19(33)16-10-30-20(36(2,34)35)31-18(16)15-5-3-4-6-17(15)23/h3-10H,11H2,1-2H3. The summed E-state index contributed by atoms with van der Waals surface area (Å²) in [5.74, 6) is -0.893. The quantitative estimate of drug-likeness (QED) is 0.309. The Morgan fingerprint density at radius 2 is 1.56 bits per heavy atom. The first-order chi connectivity index (χ1) is 16.5. The molecule has 0 bridgehead atoms. The third-order valence-electron chi connectivity index (χ3n) is 4.87. The molecule has 3 rings (SSSR count). The van der Waals surface area contributed by atoms with E-state index in [4.69, 9.17) is 11.6 Å². The Labute approximate surface area is 206 Å². The molecule has 0 fully saturated rings. The Morgan fingerprint density at radius 1 is 1.00 bits per heavy atom. The molecule has 0 aliphatic rings. The number of nitrogens with zero attached hydrogens (tertiary/aromatic N) is 3. The van der Waals surface area contributed by atoms with Crippen molar-refractivity contribution in [3.8, 4) is 11.3 Å². The fourth-order valence-corrected chi connectivity index (χ4v) is 3.95. The van der Waals surface area contributed by atoms with Gasteiger partial charge in [-0.05, 0) is 29.8 Å². The number of carbonyl (C=O) groups excluding carboxylic acids is 1. The van der Waals surface area contributed by atoms with Crippen LogP contribution in [-0.2, 0) is 28.7 Å². The first-order valence-electron chi connectivity index (χ1n) is 9.84. The van der Waals surface area contributed by atoms with Crippen molar-refractivity contribution >= 4 is 27.3 Å². The number of amides is 1. The fraction of sp³-hybridized carbons (Fsp3) is 0.227. The van der Waals surface area contributed by atoms with Crippen molar-refractivity contribution in [3.05, 3.63) is 75.9 Å². The highest BCUT2D eigenvalue weighted by atomic mass is 35.5. The highest BCUT2D eigenvalue weighted by molar-refractivity contribution is 7.90. The van der Waals surface area contributed by atoms with E-state index in [9.17, 15) is 39.6 Å². The van der Waals surface area contributed by atoms with Gasteiger partial charge in [-0.2, -0.15) is 26.3 Å². The van der Waals surface area contributed by atoms with Crippen LogP contribution in [0, 0.1) is 0 Å². The largest absolute Gasteiger partial charge is 0.416 e. The van der Waals surface area contributed by atoms with Gasteiger partial charge in [-0.3, -0.25) is 4.79 Å². The number of aromatic nitrogens is 2. The van der Waals surface area contributed by atoms with Crippen LogP contribution in [0.15, 0.2) is 53.8 Å². The Balaban J connectivity index is 2.07. The molecule has 6 nitrogen and oxygen atoms in total. The van der Waals surface area contributed by atoms with Crippen molar-refractivity contribution in [2.45, 2.75) is 24.1 Å². The van der Waals surface area contributed by atoms with Gasteiger partial charge >= 0.3 is 12.4 Å². The SMILES string of the molecule is CN(Cc1cc(C(F)(F)F)cc(C(F)(F)F)c1)C(=O)c1cnc(S(C)(=O)=O)nc1-c1ccccc1Cl. The highest BCUT2D eigenvalue weighted by Gasteiger charge is 2.37. The topological polar surface area (TPSA) is 80.2 Å². The van der Waals surface area contributed by atoms with E-state index < -0.39 is 56.5 Å². The van der Waals surface area contributed by atoms with E-state index >= 15 is 0 Å². The molecule has 1 aromatic heterocycles. The molecule has 0 spiro atoms. The smallest absolute Gasteiger partial charge is 0.337 e. The number of rotatable bonds is 5. The van der Waals surface area contributed by atoms with E-state index in [1.165, 1.54) is 12.1 Å². The lowest BCUT2D eigenvalue weighted by Crippen LogP contribution is -2.28. The molecule has 0 saturated carbocycles. The molecule has 1 amide bonds. The number of alkyl halides is 6. The van der Waals surface area contributed by atoms with Crippen molar-refractivity contribution in [1.29, 1.82) is 0 Å². The Bertz CT molecular complexity index is 1390. The van der Waals surface area contributed by atoms with Crippen molar-refractivity contribution in [3.63, 3.8) is 0 Å². The third kappa shape index (κ3) is 6.13. The second-order valence-corrected chi connectivity index (χ2v) is 10.1. The zero-order valence-electron chi connectivity index (χ0n) is 18.4. The minimum absolute atomic E-state index is 0.0153. The summed E-state index contributed by atoms with van der Waals surface area (Å²) in [6.07, 6.45) is -8.34. The van der Waals surface area contributed by atoms with E-state index in [1.54, 1.807) is 12.1 Å². The highest BCUT2D eigenvalue weighted by Crippen LogP contribution is 2.37. The van der Waals surface area contributed by atoms with Crippen LogP contribution < -0.4 is 0 Å². The first-order valence-corrected chi connectivity index (χ1v) is 12.1. The normalized spacial score (nSPS) is 12.5. The summed E-state index contributed by atoms with van der Waals surface area (Å²) in [7, 11) is -2.75. The van der Waals surface area contributed by atoms with Gasteiger partial charge in [0.05, 0.1) is 22.4 Å². The van der Waals surface area contributed by atoms with Crippen molar-refractivity contribution in [1.82, 2.24) is 14.9 Å². The van der Waals surface area contributed by atoms with Crippen LogP contribution in [0.1, 0.15) is 27.0 Å². The molecule has 0 radical (unpaired) electrons. The number of halogens is 7. The van der Waals surface area contributed by atoms with E-state index in [2.05, 4.69) is 9.97 Å². The summed E-state index contributed by atoms with van der Waals surface area (Å²) in [6, 6.07) is 7.04. The van der Waals surface area contributed by atoms with Crippen LogP contribution in [0.3, 0.4) is 0 Å². The molecular weight excluding hydrogens is 536 g/mol. The van der Waals surface area contributed by atoms with E-state index in [1.807, 2.05) is 0 Å². The summed E-state index contributed by atoms with van der Waals surface area (Å²) < 4.78 is 103. The molecule has 0 saturated heterocycles. The molecule has 192 valence electrons. The van der Waals surface area contributed by atoms with Gasteiger partial charge in [0.15, 0.2) is 0 Å². The van der Waals surface area contributed by atoms with Gasteiger partial charge in [-0.1, -0.05) is 29.8 Å². The van der Waals surface area contributed by atoms with Crippen molar-refractivity contribution in [2.24, 2.45) is 0 Å². The molecule has 1 heterocycles. The van der Waals surface area contributed by atoms with Gasteiger partial charge in [0, 0.05) is 36.6 Å². The molecule has 0 aliphatic heterocycles. The van der Waals surface area contributed by atoms with Crippen LogP contribution in [-0.4, -0.2) is 42.5 Å². The number of hydrogen-bond acceptors (Lipinski definition) is 5. The maximum absolute atomic E-state index is 13.2. The van der Waals surface area contributed by atoms with Gasteiger partial charge in [0.1, 0.15) is 0 Å². The van der Waals surface area contributed by atoms with Gasteiger partial charge in [-0.15, -0.1) is 0 Å². The summed E-state index contributed by atoms with van der Waals surface area (Å²) in [5, 5.41) is -0.496. The van der Waals surface area contributed by atoms with Crippen LogP contribution in [0.25, 0.3) is 11.3 Å². The van der Waals surface area contributed by atoms with Crippen molar-refractivity contribution < 1.29 is 39.6 Å². The van der Waals surface area contributed by atoms with E-state index in [0.717, 1.165) is 24.4 Å². The average molecular weight is 552 g/mol. The Morgan fingerprint density at radius 3 is 2.06 bits per heavy atom. The Hall–Kier alpha value is -3.19. The molecule has 0 N–H and O–H groups in total. The molecule has 0 unspecified atom stereocenters. The molecule has 3 aromatic rings.